The van der Waals surface area contributed by atoms with Crippen molar-refractivity contribution in [2.45, 2.75) is 27.7 Å². The van der Waals surface area contributed by atoms with Gasteiger partial charge >= 0.3 is 0 Å². The molecule has 18 heavy (non-hydrogen) atoms. The number of fused-ring (bicyclic) bond motifs is 3. The molecule has 3 rings (SSSR count). The number of aromatic amines is 1. The highest BCUT2D eigenvalue weighted by atomic mass is 19.1. The van der Waals surface area contributed by atoms with Gasteiger partial charge in [0.25, 0.3) is 0 Å². The predicted molar refractivity (Wildman–Crippen MR) is 78.5 cm³/mol. The third-order valence-electron chi connectivity index (χ3n) is 2.47. The molecule has 0 saturated heterocycles. The summed E-state index contributed by atoms with van der Waals surface area (Å²) in [6.07, 6.45) is 0. The van der Waals surface area contributed by atoms with Gasteiger partial charge in [0.05, 0.1) is 0 Å². The van der Waals surface area contributed by atoms with Gasteiger partial charge in [0, 0.05) is 21.8 Å². The lowest BCUT2D eigenvalue weighted by atomic mass is 10.1. The van der Waals surface area contributed by atoms with Crippen LogP contribution in [-0.2, 0) is 0 Å². The first-order valence-corrected chi connectivity index (χ1v) is 6.50. The molecule has 0 fully saturated rings. The van der Waals surface area contributed by atoms with Crippen molar-refractivity contribution >= 4 is 21.8 Å². The number of halogens is 1. The van der Waals surface area contributed by atoms with Crippen LogP contribution in [0.3, 0.4) is 0 Å². The highest BCUT2D eigenvalue weighted by Crippen LogP contribution is 2.25. The molecule has 0 atom stereocenters. The van der Waals surface area contributed by atoms with Crippen LogP contribution in [0.5, 0.6) is 0 Å². The number of nitrogens with one attached hydrogen (secondary N) is 1. The molecule has 1 heterocycles. The number of rotatable bonds is 0. The smallest absolute Gasteiger partial charge is 0.123 e. The second-order valence-electron chi connectivity index (χ2n) is 3.36. The number of para-hydroxylation sites is 1. The van der Waals surface area contributed by atoms with E-state index in [0.717, 1.165) is 21.8 Å². The summed E-state index contributed by atoms with van der Waals surface area (Å²) in [7, 11) is 0. The molecule has 0 aliphatic rings. The van der Waals surface area contributed by atoms with Gasteiger partial charge in [-0.05, 0) is 24.3 Å². The average molecular weight is 245 g/mol. The molecular weight excluding hydrogens is 225 g/mol. The molecule has 2 heteroatoms. The van der Waals surface area contributed by atoms with Crippen LogP contribution in [0.15, 0.2) is 42.5 Å². The average Bonchev–Trinajstić information content (AvgIpc) is 2.81. The van der Waals surface area contributed by atoms with E-state index in [4.69, 9.17) is 0 Å². The maximum atomic E-state index is 13.0. The Morgan fingerprint density at radius 3 is 2.11 bits per heavy atom. The van der Waals surface area contributed by atoms with Crippen molar-refractivity contribution in [3.05, 3.63) is 48.3 Å². The molecule has 2 aromatic carbocycles. The van der Waals surface area contributed by atoms with Crippen molar-refractivity contribution < 1.29 is 4.39 Å². The lowest BCUT2D eigenvalue weighted by Crippen LogP contribution is -1.71. The van der Waals surface area contributed by atoms with Gasteiger partial charge in [0.2, 0.25) is 0 Å². The molecule has 0 bridgehead atoms. The zero-order valence-corrected chi connectivity index (χ0v) is 11.4. The molecule has 3 aromatic rings. The van der Waals surface area contributed by atoms with Crippen molar-refractivity contribution in [2.75, 3.05) is 0 Å². The molecule has 0 radical (unpaired) electrons. The quantitative estimate of drug-likeness (QED) is 0.537. The van der Waals surface area contributed by atoms with Gasteiger partial charge in [-0.1, -0.05) is 45.9 Å². The number of aromatic nitrogens is 1. The molecule has 1 aromatic heterocycles. The summed E-state index contributed by atoms with van der Waals surface area (Å²) in [6, 6.07) is 12.7. The summed E-state index contributed by atoms with van der Waals surface area (Å²) in [6.45, 7) is 8.00. The van der Waals surface area contributed by atoms with Crippen LogP contribution < -0.4 is 0 Å². The number of hydrogen-bond donors (Lipinski definition) is 1. The zero-order chi connectivity index (χ0) is 13.5. The van der Waals surface area contributed by atoms with Crippen molar-refractivity contribution in [2.24, 2.45) is 0 Å². The van der Waals surface area contributed by atoms with Gasteiger partial charge in [-0.25, -0.2) is 4.39 Å². The SMILES string of the molecule is CC.CC.Fc1ccc2[nH]c3ccccc3c2c1. The summed E-state index contributed by atoms with van der Waals surface area (Å²) in [5, 5.41) is 2.02. The molecule has 0 aliphatic carbocycles. The van der Waals surface area contributed by atoms with Crippen LogP contribution in [0.25, 0.3) is 21.8 Å². The molecule has 0 saturated carbocycles. The molecular formula is C16H20FN. The van der Waals surface area contributed by atoms with E-state index >= 15 is 0 Å². The summed E-state index contributed by atoms with van der Waals surface area (Å²) in [5.74, 6) is -0.192. The van der Waals surface area contributed by atoms with E-state index in [2.05, 4.69) is 4.98 Å². The van der Waals surface area contributed by atoms with Gasteiger partial charge in [0.15, 0.2) is 0 Å². The lowest BCUT2D eigenvalue weighted by molar-refractivity contribution is 0.630. The maximum Gasteiger partial charge on any atom is 0.123 e. The van der Waals surface area contributed by atoms with E-state index in [-0.39, 0.29) is 5.82 Å². The van der Waals surface area contributed by atoms with Crippen molar-refractivity contribution in [1.82, 2.24) is 4.98 Å². The fourth-order valence-electron chi connectivity index (χ4n) is 1.82. The summed E-state index contributed by atoms with van der Waals surface area (Å²) in [4.78, 5) is 3.24. The van der Waals surface area contributed by atoms with Gasteiger partial charge < -0.3 is 4.98 Å². The van der Waals surface area contributed by atoms with Gasteiger partial charge in [-0.2, -0.15) is 0 Å². The summed E-state index contributed by atoms with van der Waals surface area (Å²) < 4.78 is 13.0. The van der Waals surface area contributed by atoms with E-state index in [1.807, 2.05) is 52.0 Å². The van der Waals surface area contributed by atoms with Crippen molar-refractivity contribution in [3.63, 3.8) is 0 Å². The first kappa shape index (κ1) is 14.2. The largest absolute Gasteiger partial charge is 0.355 e. The predicted octanol–water partition coefficient (Wildman–Crippen LogP) is 5.51. The fraction of sp³-hybridized carbons (Fsp3) is 0.250. The van der Waals surface area contributed by atoms with Crippen molar-refractivity contribution in [3.8, 4) is 0 Å². The number of hydrogen-bond acceptors (Lipinski definition) is 0. The lowest BCUT2D eigenvalue weighted by Gasteiger charge is -1.90. The van der Waals surface area contributed by atoms with Crippen LogP contribution in [0.2, 0.25) is 0 Å². The summed E-state index contributed by atoms with van der Waals surface area (Å²) in [5.41, 5.74) is 2.03. The first-order chi connectivity index (χ1) is 8.84. The normalized spacial score (nSPS) is 9.39. The Bertz CT molecular complexity index is 611. The minimum Gasteiger partial charge on any atom is -0.355 e. The zero-order valence-electron chi connectivity index (χ0n) is 11.4. The van der Waals surface area contributed by atoms with E-state index in [9.17, 15) is 4.39 Å². The van der Waals surface area contributed by atoms with Crippen LogP contribution in [0.1, 0.15) is 27.7 Å². The highest BCUT2D eigenvalue weighted by Gasteiger charge is 2.03. The number of benzene rings is 2. The summed E-state index contributed by atoms with van der Waals surface area (Å²) >= 11 is 0. The van der Waals surface area contributed by atoms with E-state index < -0.39 is 0 Å². The topological polar surface area (TPSA) is 15.8 Å². The third-order valence-corrected chi connectivity index (χ3v) is 2.47. The Labute approximate surface area is 108 Å². The molecule has 0 unspecified atom stereocenters. The fourth-order valence-corrected chi connectivity index (χ4v) is 1.82. The van der Waals surface area contributed by atoms with Gasteiger partial charge in [-0.3, -0.25) is 0 Å². The van der Waals surface area contributed by atoms with Crippen LogP contribution in [0, 0.1) is 5.82 Å². The maximum absolute atomic E-state index is 13.0. The Morgan fingerprint density at radius 1 is 0.778 bits per heavy atom. The molecule has 1 N–H and O–H groups in total. The van der Waals surface area contributed by atoms with E-state index in [1.165, 1.54) is 6.07 Å². The molecule has 0 spiro atoms. The molecule has 0 aliphatic heterocycles. The Morgan fingerprint density at radius 2 is 1.39 bits per heavy atom. The Kier molecular flexibility index (Phi) is 5.37. The highest BCUT2D eigenvalue weighted by molar-refractivity contribution is 6.07. The van der Waals surface area contributed by atoms with Crippen LogP contribution in [-0.4, -0.2) is 4.98 Å². The van der Waals surface area contributed by atoms with Crippen molar-refractivity contribution in [1.29, 1.82) is 0 Å². The molecule has 0 amide bonds. The second kappa shape index (κ2) is 6.80. The monoisotopic (exact) mass is 245 g/mol. The Balaban J connectivity index is 0.000000371. The minimum absolute atomic E-state index is 0.192. The van der Waals surface area contributed by atoms with Gasteiger partial charge in [0.1, 0.15) is 5.82 Å². The third kappa shape index (κ3) is 2.70. The first-order valence-electron chi connectivity index (χ1n) is 6.50. The standard InChI is InChI=1S/C12H8FN.2C2H6/c13-8-5-6-12-10(7-8)9-3-1-2-4-11(9)14-12;2*1-2/h1-7,14H;2*1-2H3. The van der Waals surface area contributed by atoms with E-state index in [0.29, 0.717) is 0 Å². The van der Waals surface area contributed by atoms with Gasteiger partial charge in [-0.15, -0.1) is 0 Å². The second-order valence-corrected chi connectivity index (χ2v) is 3.36. The molecule has 1 nitrogen and oxygen atoms in total. The van der Waals surface area contributed by atoms with Crippen LogP contribution >= 0.6 is 0 Å². The van der Waals surface area contributed by atoms with E-state index in [1.54, 1.807) is 12.1 Å². The number of H-pyrrole nitrogens is 1. The minimum atomic E-state index is -0.192. The molecule has 96 valence electrons. The Hall–Kier alpha value is -1.83. The van der Waals surface area contributed by atoms with Crippen LogP contribution in [0.4, 0.5) is 4.39 Å².